The summed E-state index contributed by atoms with van der Waals surface area (Å²) in [5.74, 6) is 1.60. The molecule has 1 atom stereocenters. The molecular formula is C21H25N3O2. The number of aromatic amines is 1. The van der Waals surface area contributed by atoms with E-state index in [9.17, 15) is 0 Å². The Morgan fingerprint density at radius 1 is 1.27 bits per heavy atom. The van der Waals surface area contributed by atoms with Crippen LogP contribution >= 0.6 is 0 Å². The molecule has 4 rings (SSSR count). The van der Waals surface area contributed by atoms with Gasteiger partial charge in [-0.2, -0.15) is 0 Å². The minimum atomic E-state index is 0.590. The molecule has 0 radical (unpaired) electrons. The number of ether oxygens (including phenoxy) is 2. The van der Waals surface area contributed by atoms with E-state index in [2.05, 4.69) is 33.2 Å². The molecular weight excluding hydrogens is 326 g/mol. The third kappa shape index (κ3) is 3.74. The highest BCUT2D eigenvalue weighted by Gasteiger charge is 2.25. The van der Waals surface area contributed by atoms with E-state index in [1.165, 1.54) is 30.3 Å². The lowest BCUT2D eigenvalue weighted by Crippen LogP contribution is -2.33. The van der Waals surface area contributed by atoms with E-state index < -0.39 is 0 Å². The standard InChI is InChI=1S/C21H25N3O2/c1-25-11-10-24-9-3-4-17(24)12-16-14-23-21-7-6-18(13-20(16)21)26-19-5-2-8-22-15-19/h2,5-8,13-15,17,23H,3-4,9-12H2,1H3. The number of fused-ring (bicyclic) bond motifs is 1. The number of nitrogens with one attached hydrogen (secondary N) is 1. The normalized spacial score (nSPS) is 17.8. The van der Waals surface area contributed by atoms with Crippen LogP contribution in [0.1, 0.15) is 18.4 Å². The number of nitrogens with zero attached hydrogens (tertiary/aromatic N) is 2. The van der Waals surface area contributed by atoms with Gasteiger partial charge in [-0.3, -0.25) is 9.88 Å². The van der Waals surface area contributed by atoms with Gasteiger partial charge in [0.25, 0.3) is 0 Å². The van der Waals surface area contributed by atoms with Crippen LogP contribution in [0.25, 0.3) is 10.9 Å². The molecule has 0 aliphatic carbocycles. The largest absolute Gasteiger partial charge is 0.456 e. The van der Waals surface area contributed by atoms with Crippen molar-refractivity contribution in [3.63, 3.8) is 0 Å². The number of hydrogen-bond acceptors (Lipinski definition) is 4. The fourth-order valence-corrected chi connectivity index (χ4v) is 3.82. The number of hydrogen-bond donors (Lipinski definition) is 1. The maximum Gasteiger partial charge on any atom is 0.145 e. The van der Waals surface area contributed by atoms with E-state index in [-0.39, 0.29) is 0 Å². The van der Waals surface area contributed by atoms with E-state index in [1.54, 1.807) is 19.5 Å². The third-order valence-corrected chi connectivity index (χ3v) is 5.15. The van der Waals surface area contributed by atoms with Crippen molar-refractivity contribution in [1.29, 1.82) is 0 Å². The van der Waals surface area contributed by atoms with E-state index >= 15 is 0 Å². The summed E-state index contributed by atoms with van der Waals surface area (Å²) in [7, 11) is 1.77. The van der Waals surface area contributed by atoms with Crippen LogP contribution in [0.4, 0.5) is 0 Å². The van der Waals surface area contributed by atoms with Gasteiger partial charge in [-0.05, 0) is 61.7 Å². The van der Waals surface area contributed by atoms with Crippen molar-refractivity contribution in [2.24, 2.45) is 0 Å². The summed E-state index contributed by atoms with van der Waals surface area (Å²) in [6.45, 7) is 2.98. The van der Waals surface area contributed by atoms with E-state index in [0.29, 0.717) is 6.04 Å². The summed E-state index contributed by atoms with van der Waals surface area (Å²) in [6.07, 6.45) is 9.20. The predicted octanol–water partition coefficient (Wildman–Crippen LogP) is 4.01. The number of benzene rings is 1. The van der Waals surface area contributed by atoms with Gasteiger partial charge in [0, 0.05) is 43.0 Å². The fraction of sp³-hybridized carbons (Fsp3) is 0.381. The Morgan fingerprint density at radius 3 is 3.08 bits per heavy atom. The van der Waals surface area contributed by atoms with Crippen molar-refractivity contribution in [2.45, 2.75) is 25.3 Å². The molecule has 0 spiro atoms. The fourth-order valence-electron chi connectivity index (χ4n) is 3.82. The summed E-state index contributed by atoms with van der Waals surface area (Å²) >= 11 is 0. The highest BCUT2D eigenvalue weighted by atomic mass is 16.5. The second kappa shape index (κ2) is 7.89. The molecule has 1 aromatic carbocycles. The Balaban J connectivity index is 1.53. The maximum absolute atomic E-state index is 5.95. The zero-order valence-corrected chi connectivity index (χ0v) is 15.1. The molecule has 1 N–H and O–H groups in total. The summed E-state index contributed by atoms with van der Waals surface area (Å²) in [6, 6.07) is 10.6. The number of H-pyrrole nitrogens is 1. The van der Waals surface area contributed by atoms with Crippen molar-refractivity contribution in [3.8, 4) is 11.5 Å². The molecule has 5 nitrogen and oxygen atoms in total. The van der Waals surface area contributed by atoms with Crippen LogP contribution < -0.4 is 4.74 Å². The topological polar surface area (TPSA) is 50.4 Å². The van der Waals surface area contributed by atoms with E-state index in [0.717, 1.165) is 36.6 Å². The van der Waals surface area contributed by atoms with Gasteiger partial charge in [0.1, 0.15) is 11.5 Å². The number of likely N-dealkylation sites (tertiary alicyclic amines) is 1. The van der Waals surface area contributed by atoms with Gasteiger partial charge >= 0.3 is 0 Å². The number of pyridine rings is 1. The Hall–Kier alpha value is -2.37. The van der Waals surface area contributed by atoms with Crippen LogP contribution in [0, 0.1) is 0 Å². The molecule has 1 aliphatic rings. The molecule has 0 bridgehead atoms. The minimum Gasteiger partial charge on any atom is -0.456 e. The summed E-state index contributed by atoms with van der Waals surface area (Å²) in [4.78, 5) is 10.1. The average molecular weight is 351 g/mol. The average Bonchev–Trinajstić information content (AvgIpc) is 3.28. The van der Waals surface area contributed by atoms with Crippen molar-refractivity contribution >= 4 is 10.9 Å². The second-order valence-corrected chi connectivity index (χ2v) is 6.84. The van der Waals surface area contributed by atoms with Crippen LogP contribution in [-0.4, -0.2) is 47.7 Å². The molecule has 1 saturated heterocycles. The van der Waals surface area contributed by atoms with Gasteiger partial charge in [0.2, 0.25) is 0 Å². The van der Waals surface area contributed by atoms with Gasteiger partial charge in [0.15, 0.2) is 0 Å². The van der Waals surface area contributed by atoms with Gasteiger partial charge in [-0.25, -0.2) is 0 Å². The molecule has 5 heteroatoms. The molecule has 1 aliphatic heterocycles. The number of methoxy groups -OCH3 is 1. The van der Waals surface area contributed by atoms with E-state index in [1.807, 2.05) is 18.2 Å². The molecule has 2 aromatic heterocycles. The molecule has 136 valence electrons. The minimum absolute atomic E-state index is 0.590. The summed E-state index contributed by atoms with van der Waals surface area (Å²) in [5.41, 5.74) is 2.51. The zero-order valence-electron chi connectivity index (χ0n) is 15.1. The monoisotopic (exact) mass is 351 g/mol. The lowest BCUT2D eigenvalue weighted by molar-refractivity contribution is 0.141. The van der Waals surface area contributed by atoms with E-state index in [4.69, 9.17) is 9.47 Å². The van der Waals surface area contributed by atoms with Crippen LogP contribution in [-0.2, 0) is 11.2 Å². The third-order valence-electron chi connectivity index (χ3n) is 5.15. The Labute approximate surface area is 153 Å². The Bertz CT molecular complexity index is 847. The zero-order chi connectivity index (χ0) is 17.8. The Morgan fingerprint density at radius 2 is 2.23 bits per heavy atom. The van der Waals surface area contributed by atoms with Gasteiger partial charge in [-0.15, -0.1) is 0 Å². The number of rotatable bonds is 7. The predicted molar refractivity (Wildman–Crippen MR) is 103 cm³/mol. The summed E-state index contributed by atoms with van der Waals surface area (Å²) < 4.78 is 11.2. The first-order chi connectivity index (χ1) is 12.8. The molecule has 1 fully saturated rings. The molecule has 3 heterocycles. The molecule has 1 unspecified atom stereocenters. The van der Waals surface area contributed by atoms with Crippen molar-refractivity contribution in [2.75, 3.05) is 26.8 Å². The SMILES string of the molecule is COCCN1CCCC1Cc1c[nH]c2ccc(Oc3cccnc3)cc12. The van der Waals surface area contributed by atoms with Crippen molar-refractivity contribution < 1.29 is 9.47 Å². The van der Waals surface area contributed by atoms with Gasteiger partial charge in [-0.1, -0.05) is 0 Å². The molecule has 0 amide bonds. The molecule has 26 heavy (non-hydrogen) atoms. The first kappa shape index (κ1) is 17.1. The van der Waals surface area contributed by atoms with Crippen molar-refractivity contribution in [3.05, 3.63) is 54.5 Å². The van der Waals surface area contributed by atoms with Gasteiger partial charge < -0.3 is 14.5 Å². The first-order valence-corrected chi connectivity index (χ1v) is 9.24. The quantitative estimate of drug-likeness (QED) is 0.699. The first-order valence-electron chi connectivity index (χ1n) is 9.24. The summed E-state index contributed by atoms with van der Waals surface area (Å²) in [5, 5.41) is 1.24. The maximum atomic E-state index is 5.95. The number of aromatic nitrogens is 2. The smallest absolute Gasteiger partial charge is 0.145 e. The van der Waals surface area contributed by atoms with Crippen molar-refractivity contribution in [1.82, 2.24) is 14.9 Å². The van der Waals surface area contributed by atoms with Crippen LogP contribution in [0.15, 0.2) is 48.9 Å². The van der Waals surface area contributed by atoms with Crippen LogP contribution in [0.3, 0.4) is 0 Å². The van der Waals surface area contributed by atoms with Crippen LogP contribution in [0.2, 0.25) is 0 Å². The lowest BCUT2D eigenvalue weighted by atomic mass is 10.0. The highest BCUT2D eigenvalue weighted by Crippen LogP contribution is 2.29. The molecule has 0 saturated carbocycles. The second-order valence-electron chi connectivity index (χ2n) is 6.84. The van der Waals surface area contributed by atoms with Gasteiger partial charge in [0.05, 0.1) is 12.8 Å². The molecule has 3 aromatic rings. The lowest BCUT2D eigenvalue weighted by Gasteiger charge is -2.23. The Kier molecular flexibility index (Phi) is 5.18. The van der Waals surface area contributed by atoms with Crippen LogP contribution in [0.5, 0.6) is 11.5 Å². The highest BCUT2D eigenvalue weighted by molar-refractivity contribution is 5.84.